The zero-order chi connectivity index (χ0) is 14.0. The van der Waals surface area contributed by atoms with Gasteiger partial charge in [0.05, 0.1) is 5.60 Å². The molecule has 0 amide bonds. The molecular formula is C18H33NO. The first-order chi connectivity index (χ1) is 9.69. The van der Waals surface area contributed by atoms with Gasteiger partial charge in [-0.3, -0.25) is 0 Å². The molecule has 20 heavy (non-hydrogen) atoms. The van der Waals surface area contributed by atoms with Crippen LogP contribution in [0.15, 0.2) is 0 Å². The molecule has 2 aliphatic carbocycles. The Labute approximate surface area is 125 Å². The van der Waals surface area contributed by atoms with Crippen molar-refractivity contribution in [1.82, 2.24) is 5.32 Å². The maximum Gasteiger partial charge on any atom is 0.0685 e. The lowest BCUT2D eigenvalue weighted by Crippen LogP contribution is -2.48. The van der Waals surface area contributed by atoms with E-state index in [-0.39, 0.29) is 0 Å². The second kappa shape index (κ2) is 6.36. The van der Waals surface area contributed by atoms with Crippen molar-refractivity contribution in [2.75, 3.05) is 13.2 Å². The Morgan fingerprint density at radius 3 is 2.60 bits per heavy atom. The zero-order valence-electron chi connectivity index (χ0n) is 13.5. The number of rotatable bonds is 4. The molecule has 0 aromatic carbocycles. The van der Waals surface area contributed by atoms with Gasteiger partial charge in [0.2, 0.25) is 0 Å². The average Bonchev–Trinajstić information content (AvgIpc) is 2.44. The van der Waals surface area contributed by atoms with Gasteiger partial charge in [0.1, 0.15) is 0 Å². The van der Waals surface area contributed by atoms with E-state index in [0.717, 1.165) is 24.4 Å². The van der Waals surface area contributed by atoms with E-state index in [2.05, 4.69) is 19.2 Å². The fourth-order valence-corrected chi connectivity index (χ4v) is 4.85. The van der Waals surface area contributed by atoms with Crippen LogP contribution < -0.4 is 5.32 Å². The lowest BCUT2D eigenvalue weighted by molar-refractivity contribution is -0.154. The summed E-state index contributed by atoms with van der Waals surface area (Å²) in [6, 6.07) is 0.630. The van der Waals surface area contributed by atoms with E-state index >= 15 is 0 Å². The Balaban J connectivity index is 1.60. The quantitative estimate of drug-likeness (QED) is 0.835. The normalized spacial score (nSPS) is 37.0. The average molecular weight is 279 g/mol. The molecule has 3 fully saturated rings. The van der Waals surface area contributed by atoms with Crippen molar-refractivity contribution < 1.29 is 4.74 Å². The van der Waals surface area contributed by atoms with E-state index < -0.39 is 0 Å². The van der Waals surface area contributed by atoms with Crippen LogP contribution in [0.4, 0.5) is 0 Å². The minimum atomic E-state index is 0.330. The third-order valence-electron chi connectivity index (χ3n) is 6.16. The lowest BCUT2D eigenvalue weighted by atomic mass is 9.64. The largest absolute Gasteiger partial charge is 0.375 e. The molecule has 3 rings (SSSR count). The number of ether oxygens (including phenoxy) is 1. The summed E-state index contributed by atoms with van der Waals surface area (Å²) in [5.41, 5.74) is 0.330. The molecule has 2 heteroatoms. The van der Waals surface area contributed by atoms with E-state index in [0.29, 0.717) is 11.6 Å². The highest BCUT2D eigenvalue weighted by atomic mass is 16.5. The lowest BCUT2D eigenvalue weighted by Gasteiger charge is -2.50. The van der Waals surface area contributed by atoms with Gasteiger partial charge in [0.25, 0.3) is 0 Å². The van der Waals surface area contributed by atoms with E-state index in [1.165, 1.54) is 64.3 Å². The molecule has 0 radical (unpaired) electrons. The highest BCUT2D eigenvalue weighted by Gasteiger charge is 2.45. The molecule has 1 N–H and O–H groups in total. The van der Waals surface area contributed by atoms with Crippen LogP contribution in [0.25, 0.3) is 0 Å². The van der Waals surface area contributed by atoms with Gasteiger partial charge in [-0.05, 0) is 69.2 Å². The monoisotopic (exact) mass is 279 g/mol. The van der Waals surface area contributed by atoms with E-state index in [4.69, 9.17) is 4.74 Å². The molecule has 0 aromatic heterocycles. The second-order valence-electron chi connectivity index (χ2n) is 7.91. The molecule has 1 saturated heterocycles. The molecule has 0 bridgehead atoms. The fraction of sp³-hybridized carbons (Fsp3) is 1.00. The fourth-order valence-electron chi connectivity index (χ4n) is 4.85. The van der Waals surface area contributed by atoms with Crippen molar-refractivity contribution in [3.8, 4) is 0 Å². The summed E-state index contributed by atoms with van der Waals surface area (Å²) >= 11 is 0. The maximum atomic E-state index is 6.14. The summed E-state index contributed by atoms with van der Waals surface area (Å²) in [5, 5.41) is 3.70. The van der Waals surface area contributed by atoms with Crippen LogP contribution in [0.3, 0.4) is 0 Å². The summed E-state index contributed by atoms with van der Waals surface area (Å²) in [7, 11) is 0. The molecule has 1 heterocycles. The molecule has 1 aliphatic heterocycles. The van der Waals surface area contributed by atoms with Gasteiger partial charge in [0, 0.05) is 12.6 Å². The summed E-state index contributed by atoms with van der Waals surface area (Å²) in [6.07, 6.45) is 12.6. The Kier molecular flexibility index (Phi) is 4.72. The van der Waals surface area contributed by atoms with Crippen LogP contribution in [-0.4, -0.2) is 24.8 Å². The Morgan fingerprint density at radius 1 is 1.10 bits per heavy atom. The van der Waals surface area contributed by atoms with Gasteiger partial charge in [-0.25, -0.2) is 0 Å². The van der Waals surface area contributed by atoms with Gasteiger partial charge in [-0.15, -0.1) is 0 Å². The molecule has 1 spiro atoms. The predicted molar refractivity (Wildman–Crippen MR) is 83.8 cm³/mol. The van der Waals surface area contributed by atoms with Crippen molar-refractivity contribution in [3.05, 3.63) is 0 Å². The van der Waals surface area contributed by atoms with Gasteiger partial charge in [-0.2, -0.15) is 0 Å². The number of nitrogens with one attached hydrogen (secondary N) is 1. The van der Waals surface area contributed by atoms with Crippen LogP contribution in [0.1, 0.15) is 71.6 Å². The van der Waals surface area contributed by atoms with Crippen molar-refractivity contribution in [1.29, 1.82) is 0 Å². The Morgan fingerprint density at radius 2 is 1.90 bits per heavy atom. The minimum absolute atomic E-state index is 0.330. The van der Waals surface area contributed by atoms with Crippen molar-refractivity contribution in [2.45, 2.75) is 83.3 Å². The maximum absolute atomic E-state index is 6.14. The first kappa shape index (κ1) is 14.8. The molecule has 3 aliphatic rings. The predicted octanol–water partition coefficient (Wildman–Crippen LogP) is 4.14. The molecular weight excluding hydrogens is 246 g/mol. The van der Waals surface area contributed by atoms with Crippen LogP contribution in [-0.2, 0) is 4.74 Å². The van der Waals surface area contributed by atoms with Crippen LogP contribution in [0, 0.1) is 17.8 Å². The Bertz CT molecular complexity index is 311. The third kappa shape index (κ3) is 3.22. The van der Waals surface area contributed by atoms with Crippen LogP contribution >= 0.6 is 0 Å². The topological polar surface area (TPSA) is 21.3 Å². The molecule has 3 atom stereocenters. The summed E-state index contributed by atoms with van der Waals surface area (Å²) < 4.78 is 6.14. The Hall–Kier alpha value is -0.0800. The highest BCUT2D eigenvalue weighted by molar-refractivity contribution is 4.96. The first-order valence-electron chi connectivity index (χ1n) is 9.06. The van der Waals surface area contributed by atoms with E-state index in [9.17, 15) is 0 Å². The second-order valence-corrected chi connectivity index (χ2v) is 7.91. The molecule has 2 nitrogen and oxygen atoms in total. The van der Waals surface area contributed by atoms with Crippen molar-refractivity contribution >= 4 is 0 Å². The van der Waals surface area contributed by atoms with E-state index in [1.54, 1.807) is 0 Å². The third-order valence-corrected chi connectivity index (χ3v) is 6.16. The molecule has 2 saturated carbocycles. The minimum Gasteiger partial charge on any atom is -0.375 e. The van der Waals surface area contributed by atoms with Crippen LogP contribution in [0.2, 0.25) is 0 Å². The van der Waals surface area contributed by atoms with Gasteiger partial charge in [-0.1, -0.05) is 26.7 Å². The summed E-state index contributed by atoms with van der Waals surface area (Å²) in [5.74, 6) is 2.84. The summed E-state index contributed by atoms with van der Waals surface area (Å²) in [6.45, 7) is 6.82. The number of hydrogen-bond donors (Lipinski definition) is 1. The summed E-state index contributed by atoms with van der Waals surface area (Å²) in [4.78, 5) is 0. The van der Waals surface area contributed by atoms with Crippen LogP contribution in [0.5, 0.6) is 0 Å². The zero-order valence-corrected chi connectivity index (χ0v) is 13.5. The standard InChI is InChI=1S/C18H33NO/c1-14(2)19-13-16-6-3-4-7-17(16)15-8-11-20-18(12-15)9-5-10-18/h14-17,19H,3-13H2,1-2H3. The van der Waals surface area contributed by atoms with Gasteiger partial charge < -0.3 is 10.1 Å². The highest BCUT2D eigenvalue weighted by Crippen LogP contribution is 2.49. The number of hydrogen-bond acceptors (Lipinski definition) is 2. The van der Waals surface area contributed by atoms with E-state index in [1.807, 2.05) is 0 Å². The molecule has 3 unspecified atom stereocenters. The SMILES string of the molecule is CC(C)NCC1CCCCC1C1CCOC2(CCC2)C1. The van der Waals surface area contributed by atoms with Gasteiger partial charge in [0.15, 0.2) is 0 Å². The smallest absolute Gasteiger partial charge is 0.0685 e. The van der Waals surface area contributed by atoms with Crippen molar-refractivity contribution in [2.24, 2.45) is 17.8 Å². The first-order valence-corrected chi connectivity index (χ1v) is 9.06. The molecule has 116 valence electrons. The van der Waals surface area contributed by atoms with Gasteiger partial charge >= 0.3 is 0 Å². The molecule has 0 aromatic rings. The van der Waals surface area contributed by atoms with Crippen molar-refractivity contribution in [3.63, 3.8) is 0 Å².